The van der Waals surface area contributed by atoms with Gasteiger partial charge in [-0.3, -0.25) is 4.90 Å². The van der Waals surface area contributed by atoms with Gasteiger partial charge in [-0.05, 0) is 49.7 Å². The van der Waals surface area contributed by atoms with Crippen molar-refractivity contribution in [2.45, 2.75) is 18.9 Å². The number of urea groups is 1. The zero-order valence-electron chi connectivity index (χ0n) is 17.6. The van der Waals surface area contributed by atoms with Gasteiger partial charge in [0, 0.05) is 19.7 Å². The highest BCUT2D eigenvalue weighted by Crippen LogP contribution is 2.26. The molecule has 8 heteroatoms. The van der Waals surface area contributed by atoms with Crippen LogP contribution in [0.25, 0.3) is 0 Å². The summed E-state index contributed by atoms with van der Waals surface area (Å²) in [5.74, 6) is 1.32. The van der Waals surface area contributed by atoms with Crippen LogP contribution in [0.1, 0.15) is 24.4 Å². The number of benzene rings is 1. The summed E-state index contributed by atoms with van der Waals surface area (Å²) in [6.45, 7) is 3.52. The molecule has 8 nitrogen and oxygen atoms in total. The van der Waals surface area contributed by atoms with Crippen LogP contribution in [0.15, 0.2) is 42.6 Å². The van der Waals surface area contributed by atoms with Crippen molar-refractivity contribution in [3.8, 4) is 11.6 Å². The molecular formula is C22H30N4O4. The number of nitrogens with zero attached hydrogens (tertiary/aromatic N) is 2. The summed E-state index contributed by atoms with van der Waals surface area (Å²) >= 11 is 0. The fourth-order valence-corrected chi connectivity index (χ4v) is 3.47. The molecule has 1 unspecified atom stereocenters. The molecule has 1 saturated heterocycles. The topological polar surface area (TPSA) is 85.0 Å². The number of aromatic nitrogens is 1. The van der Waals surface area contributed by atoms with Crippen molar-refractivity contribution >= 4 is 11.7 Å². The van der Waals surface area contributed by atoms with Crippen LogP contribution in [0.4, 0.5) is 10.5 Å². The number of methoxy groups -OCH3 is 2. The van der Waals surface area contributed by atoms with Gasteiger partial charge >= 0.3 is 6.03 Å². The maximum atomic E-state index is 12.4. The summed E-state index contributed by atoms with van der Waals surface area (Å²) in [5, 5.41) is 5.81. The van der Waals surface area contributed by atoms with E-state index in [1.165, 1.54) is 12.8 Å². The number of carbonyl (C=O) groups excluding carboxylic acids is 1. The number of pyridine rings is 1. The lowest BCUT2D eigenvalue weighted by molar-refractivity contribution is 0.144. The van der Waals surface area contributed by atoms with E-state index in [2.05, 4.69) is 32.7 Å². The van der Waals surface area contributed by atoms with Gasteiger partial charge in [0.25, 0.3) is 0 Å². The molecule has 0 radical (unpaired) electrons. The Morgan fingerprint density at radius 2 is 1.87 bits per heavy atom. The number of carbonyl (C=O) groups is 1. The van der Waals surface area contributed by atoms with E-state index in [1.807, 2.05) is 12.1 Å². The molecule has 3 rings (SSSR count). The summed E-state index contributed by atoms with van der Waals surface area (Å²) in [6.07, 6.45) is 3.94. The number of anilines is 1. The third-order valence-corrected chi connectivity index (χ3v) is 5.07. The zero-order valence-corrected chi connectivity index (χ0v) is 17.6. The van der Waals surface area contributed by atoms with Gasteiger partial charge in [-0.1, -0.05) is 12.1 Å². The second kappa shape index (κ2) is 11.4. The van der Waals surface area contributed by atoms with Gasteiger partial charge in [0.1, 0.15) is 12.4 Å². The fourth-order valence-electron chi connectivity index (χ4n) is 3.47. The Bertz CT molecular complexity index is 777. The van der Waals surface area contributed by atoms with Crippen molar-refractivity contribution < 1.29 is 19.0 Å². The number of ether oxygens (including phenoxy) is 3. The molecule has 1 aliphatic rings. The Hall–Kier alpha value is -2.84. The first-order valence-corrected chi connectivity index (χ1v) is 10.2. The third kappa shape index (κ3) is 6.33. The van der Waals surface area contributed by atoms with Crippen LogP contribution >= 0.6 is 0 Å². The van der Waals surface area contributed by atoms with Gasteiger partial charge in [0.05, 0.1) is 31.6 Å². The Morgan fingerprint density at radius 1 is 1.10 bits per heavy atom. The molecule has 2 N–H and O–H groups in total. The van der Waals surface area contributed by atoms with Crippen LogP contribution in [0, 0.1) is 0 Å². The van der Waals surface area contributed by atoms with E-state index >= 15 is 0 Å². The van der Waals surface area contributed by atoms with Crippen LogP contribution < -0.4 is 20.1 Å². The van der Waals surface area contributed by atoms with Gasteiger partial charge in [0.2, 0.25) is 5.88 Å². The average Bonchev–Trinajstić information content (AvgIpc) is 3.30. The Labute approximate surface area is 177 Å². The van der Waals surface area contributed by atoms with Crippen LogP contribution in [-0.2, 0) is 4.74 Å². The smallest absolute Gasteiger partial charge is 0.319 e. The van der Waals surface area contributed by atoms with E-state index in [4.69, 9.17) is 14.2 Å². The Balaban J connectivity index is 1.54. The Kier molecular flexibility index (Phi) is 8.29. The first-order chi connectivity index (χ1) is 14.7. The van der Waals surface area contributed by atoms with Crippen molar-refractivity contribution in [3.05, 3.63) is 48.2 Å². The molecule has 2 heterocycles. The molecule has 1 atom stereocenters. The minimum absolute atomic E-state index is 0.124. The lowest BCUT2D eigenvalue weighted by atomic mass is 10.1. The number of amides is 2. The van der Waals surface area contributed by atoms with E-state index < -0.39 is 0 Å². The minimum Gasteiger partial charge on any atom is -0.497 e. The van der Waals surface area contributed by atoms with E-state index in [9.17, 15) is 4.79 Å². The van der Waals surface area contributed by atoms with E-state index in [1.54, 1.807) is 32.5 Å². The molecule has 1 aromatic heterocycles. The maximum Gasteiger partial charge on any atom is 0.319 e. The van der Waals surface area contributed by atoms with Crippen LogP contribution in [0.2, 0.25) is 0 Å². The third-order valence-electron chi connectivity index (χ3n) is 5.07. The van der Waals surface area contributed by atoms with Crippen molar-refractivity contribution in [2.24, 2.45) is 0 Å². The molecule has 0 aliphatic carbocycles. The van der Waals surface area contributed by atoms with Crippen LogP contribution in [0.5, 0.6) is 11.6 Å². The highest BCUT2D eigenvalue weighted by atomic mass is 16.5. The maximum absolute atomic E-state index is 12.4. The summed E-state index contributed by atoms with van der Waals surface area (Å²) in [5.41, 5.74) is 1.77. The largest absolute Gasteiger partial charge is 0.497 e. The lowest BCUT2D eigenvalue weighted by Gasteiger charge is -2.28. The highest BCUT2D eigenvalue weighted by molar-refractivity contribution is 5.89. The number of likely N-dealkylation sites (tertiary alicyclic amines) is 1. The lowest BCUT2D eigenvalue weighted by Crippen LogP contribution is -2.38. The highest BCUT2D eigenvalue weighted by Gasteiger charge is 2.24. The predicted octanol–water partition coefficient (Wildman–Crippen LogP) is 3.07. The standard InChI is InChI=1S/C22H30N4O4/c1-28-13-14-30-21-10-7-18(15-23-21)25-22(27)24-16-20(26-11-3-4-12-26)17-5-8-19(29-2)9-6-17/h5-10,15,20H,3-4,11-14,16H2,1-2H3,(H2,24,25,27). The number of nitrogens with one attached hydrogen (secondary N) is 2. The van der Waals surface area contributed by atoms with Gasteiger partial charge in [0.15, 0.2) is 0 Å². The molecule has 30 heavy (non-hydrogen) atoms. The SMILES string of the molecule is COCCOc1ccc(NC(=O)NCC(c2ccc(OC)cc2)N2CCCC2)cn1. The normalized spacial score (nSPS) is 14.9. The number of rotatable bonds is 10. The van der Waals surface area contributed by atoms with Crippen molar-refractivity contribution in [1.82, 2.24) is 15.2 Å². The van der Waals surface area contributed by atoms with Gasteiger partial charge < -0.3 is 24.8 Å². The molecule has 1 fully saturated rings. The first kappa shape index (κ1) is 21.9. The Morgan fingerprint density at radius 3 is 2.50 bits per heavy atom. The quantitative estimate of drug-likeness (QED) is 0.581. The van der Waals surface area contributed by atoms with Crippen LogP contribution in [-0.4, -0.2) is 63.0 Å². The first-order valence-electron chi connectivity index (χ1n) is 10.2. The van der Waals surface area contributed by atoms with E-state index in [0.29, 0.717) is 31.3 Å². The zero-order chi connectivity index (χ0) is 21.2. The average molecular weight is 415 g/mol. The molecule has 1 aliphatic heterocycles. The number of hydrogen-bond acceptors (Lipinski definition) is 6. The molecule has 162 valence electrons. The monoisotopic (exact) mass is 414 g/mol. The number of hydrogen-bond donors (Lipinski definition) is 2. The van der Waals surface area contributed by atoms with Crippen molar-refractivity contribution in [2.75, 3.05) is 52.4 Å². The van der Waals surface area contributed by atoms with Crippen LogP contribution in [0.3, 0.4) is 0 Å². The molecule has 0 spiro atoms. The molecule has 2 amide bonds. The minimum atomic E-state index is -0.262. The summed E-state index contributed by atoms with van der Waals surface area (Å²) in [4.78, 5) is 19.0. The van der Waals surface area contributed by atoms with Crippen molar-refractivity contribution in [3.63, 3.8) is 0 Å². The summed E-state index contributed by atoms with van der Waals surface area (Å²) in [7, 11) is 3.28. The molecule has 1 aromatic carbocycles. The van der Waals surface area contributed by atoms with E-state index in [-0.39, 0.29) is 12.1 Å². The molecule has 0 saturated carbocycles. The molecule has 0 bridgehead atoms. The van der Waals surface area contributed by atoms with Gasteiger partial charge in [-0.25, -0.2) is 9.78 Å². The van der Waals surface area contributed by atoms with Crippen molar-refractivity contribution in [1.29, 1.82) is 0 Å². The van der Waals surface area contributed by atoms with Gasteiger partial charge in [-0.2, -0.15) is 0 Å². The summed E-state index contributed by atoms with van der Waals surface area (Å²) in [6, 6.07) is 11.4. The second-order valence-electron chi connectivity index (χ2n) is 7.09. The fraction of sp³-hybridized carbons (Fsp3) is 0.455. The second-order valence-corrected chi connectivity index (χ2v) is 7.09. The molecular weight excluding hydrogens is 384 g/mol. The predicted molar refractivity (Wildman–Crippen MR) is 115 cm³/mol. The van der Waals surface area contributed by atoms with E-state index in [0.717, 1.165) is 24.4 Å². The van der Waals surface area contributed by atoms with Gasteiger partial charge in [-0.15, -0.1) is 0 Å². The summed E-state index contributed by atoms with van der Waals surface area (Å²) < 4.78 is 15.6. The molecule has 2 aromatic rings.